The number of aromatic nitrogens is 1. The molecule has 0 unspecified atom stereocenters. The van der Waals surface area contributed by atoms with Crippen LogP contribution in [0.25, 0.3) is 5.69 Å². The Balaban J connectivity index is 2.00. The highest BCUT2D eigenvalue weighted by Crippen LogP contribution is 2.28. The number of nitrogens with two attached hydrogens (primary N) is 1. The summed E-state index contributed by atoms with van der Waals surface area (Å²) in [6.07, 6.45) is 0. The van der Waals surface area contributed by atoms with Crippen LogP contribution in [0.15, 0.2) is 53.3 Å². The van der Waals surface area contributed by atoms with Gasteiger partial charge in [-0.05, 0) is 30.3 Å². The highest BCUT2D eigenvalue weighted by atomic mass is 35.5. The van der Waals surface area contributed by atoms with E-state index < -0.39 is 29.0 Å². The van der Waals surface area contributed by atoms with Gasteiger partial charge in [-0.15, -0.1) is 0 Å². The monoisotopic (exact) mass is 411 g/mol. The number of carbonyl (C=O) groups excluding carboxylic acids is 3. The molecular weight excluding hydrogens is 401 g/mol. The third kappa shape index (κ3) is 2.90. The van der Waals surface area contributed by atoms with Gasteiger partial charge < -0.3 is 5.73 Å². The Morgan fingerprint density at radius 1 is 1.00 bits per heavy atom. The summed E-state index contributed by atoms with van der Waals surface area (Å²) in [7, 11) is 0. The summed E-state index contributed by atoms with van der Waals surface area (Å²) in [5.74, 6) is -3.29. The number of imide groups is 1. The summed E-state index contributed by atoms with van der Waals surface area (Å²) in [6, 6.07) is 10.4. The van der Waals surface area contributed by atoms with Gasteiger partial charge in [0.2, 0.25) is 0 Å². The number of amides is 2. The first-order valence-corrected chi connectivity index (χ1v) is 8.67. The van der Waals surface area contributed by atoms with E-state index in [1.807, 2.05) is 0 Å². The first-order valence-electron chi connectivity index (χ1n) is 8.30. The van der Waals surface area contributed by atoms with E-state index in [0.717, 1.165) is 16.7 Å². The predicted molar refractivity (Wildman–Crippen MR) is 103 cm³/mol. The molecule has 4 rings (SSSR count). The first-order chi connectivity index (χ1) is 13.8. The number of hydrogen-bond donors (Lipinski definition) is 2. The van der Waals surface area contributed by atoms with E-state index >= 15 is 0 Å². The molecule has 1 aliphatic rings. The van der Waals surface area contributed by atoms with Crippen LogP contribution in [0.3, 0.4) is 0 Å². The van der Waals surface area contributed by atoms with Crippen LogP contribution in [0.4, 0.5) is 10.2 Å². The summed E-state index contributed by atoms with van der Waals surface area (Å²) >= 11 is 6.02. The number of benzene rings is 2. The standard InChI is InChI=1S/C20H11ClFN3O4/c21-9-5-6-14(11(7-9)17(27)10-3-1-2-4-13(10)22)25-15(26)8-12-16(18(25)23)20(29)24-19(12)28/h1-8H,23H2,(H,24,28,29). The number of halogens is 2. The third-order valence-electron chi connectivity index (χ3n) is 4.52. The quantitative estimate of drug-likeness (QED) is 0.507. The molecule has 3 N–H and O–H groups in total. The zero-order valence-corrected chi connectivity index (χ0v) is 15.3. The van der Waals surface area contributed by atoms with Gasteiger partial charge in [0, 0.05) is 16.7 Å². The van der Waals surface area contributed by atoms with Crippen molar-refractivity contribution in [2.45, 2.75) is 0 Å². The van der Waals surface area contributed by atoms with Crippen LogP contribution in [-0.2, 0) is 0 Å². The Kier molecular flexibility index (Phi) is 4.28. The van der Waals surface area contributed by atoms with Crippen LogP contribution >= 0.6 is 11.6 Å². The maximum atomic E-state index is 14.2. The van der Waals surface area contributed by atoms with Gasteiger partial charge in [-0.2, -0.15) is 0 Å². The molecule has 0 saturated heterocycles. The zero-order valence-electron chi connectivity index (χ0n) is 14.5. The Bertz CT molecular complexity index is 1300. The highest BCUT2D eigenvalue weighted by molar-refractivity contribution is 6.31. The number of nitrogens with one attached hydrogen (secondary N) is 1. The van der Waals surface area contributed by atoms with Crippen LogP contribution in [0.1, 0.15) is 36.6 Å². The molecule has 2 amide bonds. The molecule has 1 aromatic heterocycles. The average molecular weight is 412 g/mol. The van der Waals surface area contributed by atoms with Crippen molar-refractivity contribution in [1.29, 1.82) is 0 Å². The van der Waals surface area contributed by atoms with Crippen molar-refractivity contribution in [2.24, 2.45) is 0 Å². The summed E-state index contributed by atoms with van der Waals surface area (Å²) in [5.41, 5.74) is 4.65. The van der Waals surface area contributed by atoms with Crippen LogP contribution in [-0.4, -0.2) is 22.2 Å². The lowest BCUT2D eigenvalue weighted by atomic mass is 10.0. The van der Waals surface area contributed by atoms with Gasteiger partial charge in [-0.1, -0.05) is 23.7 Å². The lowest BCUT2D eigenvalue weighted by Crippen LogP contribution is -2.25. The molecule has 144 valence electrons. The lowest BCUT2D eigenvalue weighted by Gasteiger charge is -2.16. The number of hydrogen-bond acceptors (Lipinski definition) is 5. The molecule has 0 aliphatic carbocycles. The van der Waals surface area contributed by atoms with Gasteiger partial charge in [-0.25, -0.2) is 4.39 Å². The van der Waals surface area contributed by atoms with E-state index in [2.05, 4.69) is 5.32 Å². The van der Waals surface area contributed by atoms with E-state index in [1.54, 1.807) is 0 Å². The first kappa shape index (κ1) is 18.6. The predicted octanol–water partition coefficient (Wildman–Crippen LogP) is 2.33. The Labute approximate surface area is 167 Å². The van der Waals surface area contributed by atoms with Crippen LogP contribution in [0.2, 0.25) is 5.02 Å². The molecule has 29 heavy (non-hydrogen) atoms. The van der Waals surface area contributed by atoms with E-state index in [-0.39, 0.29) is 38.8 Å². The molecule has 0 atom stereocenters. The van der Waals surface area contributed by atoms with Crippen molar-refractivity contribution in [3.63, 3.8) is 0 Å². The largest absolute Gasteiger partial charge is 0.384 e. The fourth-order valence-corrected chi connectivity index (χ4v) is 3.38. The number of fused-ring (bicyclic) bond motifs is 1. The van der Waals surface area contributed by atoms with Crippen molar-refractivity contribution in [3.05, 3.63) is 92.0 Å². The van der Waals surface area contributed by atoms with Crippen molar-refractivity contribution in [2.75, 3.05) is 5.73 Å². The minimum Gasteiger partial charge on any atom is -0.384 e. The second kappa shape index (κ2) is 6.68. The second-order valence-electron chi connectivity index (χ2n) is 6.25. The molecule has 0 radical (unpaired) electrons. The Morgan fingerprint density at radius 3 is 2.45 bits per heavy atom. The van der Waals surface area contributed by atoms with Gasteiger partial charge >= 0.3 is 0 Å². The van der Waals surface area contributed by atoms with Gasteiger partial charge in [-0.3, -0.25) is 29.1 Å². The lowest BCUT2D eigenvalue weighted by molar-refractivity contribution is 0.0879. The fourth-order valence-electron chi connectivity index (χ4n) is 3.20. The minimum absolute atomic E-state index is 0.0000945. The van der Waals surface area contributed by atoms with Gasteiger partial charge in [0.25, 0.3) is 17.4 Å². The van der Waals surface area contributed by atoms with Gasteiger partial charge in [0.05, 0.1) is 22.4 Å². The number of nitrogen functional groups attached to an aromatic ring is 1. The minimum atomic E-state index is -0.757. The maximum absolute atomic E-state index is 14.2. The summed E-state index contributed by atoms with van der Waals surface area (Å²) in [5, 5.41) is 2.24. The number of pyridine rings is 1. The summed E-state index contributed by atoms with van der Waals surface area (Å²) in [6.45, 7) is 0. The van der Waals surface area contributed by atoms with Crippen molar-refractivity contribution in [1.82, 2.24) is 9.88 Å². The van der Waals surface area contributed by atoms with Crippen LogP contribution < -0.4 is 16.6 Å². The SMILES string of the molecule is Nc1c2c(cc(=O)n1-c1ccc(Cl)cc1C(=O)c1ccccc1F)C(=O)NC2=O. The average Bonchev–Trinajstić information content (AvgIpc) is 2.96. The molecule has 2 heterocycles. The number of rotatable bonds is 3. The van der Waals surface area contributed by atoms with Crippen molar-refractivity contribution >= 4 is 35.0 Å². The summed E-state index contributed by atoms with van der Waals surface area (Å²) < 4.78 is 15.1. The van der Waals surface area contributed by atoms with Crippen molar-refractivity contribution in [3.8, 4) is 5.69 Å². The molecule has 9 heteroatoms. The van der Waals surface area contributed by atoms with Gasteiger partial charge in [0.1, 0.15) is 11.6 Å². The van der Waals surface area contributed by atoms with Gasteiger partial charge in [0.15, 0.2) is 5.78 Å². The normalized spacial score (nSPS) is 12.6. The smallest absolute Gasteiger partial charge is 0.262 e. The van der Waals surface area contributed by atoms with Crippen LogP contribution in [0.5, 0.6) is 0 Å². The molecule has 3 aromatic rings. The fraction of sp³-hybridized carbons (Fsp3) is 0. The molecule has 0 saturated carbocycles. The number of carbonyl (C=O) groups is 3. The molecular formula is C20H11ClFN3O4. The third-order valence-corrected chi connectivity index (χ3v) is 4.75. The zero-order chi connectivity index (χ0) is 20.9. The number of ketones is 1. The Hall–Kier alpha value is -3.78. The second-order valence-corrected chi connectivity index (χ2v) is 6.68. The molecule has 1 aliphatic heterocycles. The molecule has 2 aromatic carbocycles. The number of nitrogens with zero attached hydrogens (tertiary/aromatic N) is 1. The molecule has 0 spiro atoms. The Morgan fingerprint density at radius 2 is 1.72 bits per heavy atom. The van der Waals surface area contributed by atoms with Crippen LogP contribution in [0, 0.1) is 5.82 Å². The van der Waals surface area contributed by atoms with Crippen molar-refractivity contribution < 1.29 is 18.8 Å². The topological polar surface area (TPSA) is 111 Å². The molecule has 0 fully saturated rings. The highest BCUT2D eigenvalue weighted by Gasteiger charge is 2.32. The maximum Gasteiger partial charge on any atom is 0.262 e. The summed E-state index contributed by atoms with van der Waals surface area (Å²) in [4.78, 5) is 49.6. The molecule has 7 nitrogen and oxygen atoms in total. The van der Waals surface area contributed by atoms with E-state index in [4.69, 9.17) is 17.3 Å². The van der Waals surface area contributed by atoms with E-state index in [0.29, 0.717) is 0 Å². The molecule has 0 bridgehead atoms. The number of anilines is 1. The van der Waals surface area contributed by atoms with E-state index in [1.165, 1.54) is 36.4 Å². The van der Waals surface area contributed by atoms with E-state index in [9.17, 15) is 23.6 Å².